The van der Waals surface area contributed by atoms with Crippen LogP contribution in [0.15, 0.2) is 54.9 Å². The topological polar surface area (TPSA) is 88.3 Å². The number of pyridine rings is 2. The molecule has 0 unspecified atom stereocenters. The average molecular weight is 449 g/mol. The molecule has 3 aromatic heterocycles. The lowest BCUT2D eigenvalue weighted by Crippen LogP contribution is -2.35. The first-order chi connectivity index (χ1) is 16.1. The van der Waals surface area contributed by atoms with E-state index in [0.717, 1.165) is 36.8 Å². The van der Waals surface area contributed by atoms with E-state index in [2.05, 4.69) is 32.3 Å². The van der Waals surface area contributed by atoms with Crippen LogP contribution in [0.2, 0.25) is 0 Å². The van der Waals surface area contributed by atoms with Crippen LogP contribution in [-0.2, 0) is 6.61 Å². The van der Waals surface area contributed by atoms with Crippen molar-refractivity contribution in [3.63, 3.8) is 0 Å². The Kier molecular flexibility index (Phi) is 5.89. The number of aliphatic hydroxyl groups excluding tert-OH is 1. The van der Waals surface area contributed by atoms with Crippen LogP contribution in [0, 0.1) is 5.82 Å². The molecule has 4 aromatic rings. The van der Waals surface area contributed by atoms with Gasteiger partial charge in [0.2, 0.25) is 5.88 Å². The quantitative estimate of drug-likeness (QED) is 0.465. The van der Waals surface area contributed by atoms with Crippen LogP contribution in [0.5, 0.6) is 5.88 Å². The standard InChI is InChI=1S/C24H25FN6O2/c1-30-9-7-19(8-10-30)33-24-5-2-16-14-26-23(13-22(16)28-24)27-21-4-3-18(12-20(21)25)31-11-6-17(15-32)29-31/h2-6,11-14,19,32H,7-10,15H2,1H3,(H,26,27). The lowest BCUT2D eigenvalue weighted by Gasteiger charge is -2.28. The van der Waals surface area contributed by atoms with Gasteiger partial charge in [-0.2, -0.15) is 5.10 Å². The molecule has 2 N–H and O–H groups in total. The number of fused-ring (bicyclic) bond motifs is 1. The van der Waals surface area contributed by atoms with Gasteiger partial charge in [-0.25, -0.2) is 19.0 Å². The Balaban J connectivity index is 1.33. The molecule has 4 heterocycles. The third-order valence-corrected chi connectivity index (χ3v) is 5.79. The van der Waals surface area contributed by atoms with Crippen LogP contribution >= 0.6 is 0 Å². The summed E-state index contributed by atoms with van der Waals surface area (Å²) in [5.41, 5.74) is 2.09. The van der Waals surface area contributed by atoms with Crippen molar-refractivity contribution < 1.29 is 14.2 Å². The molecule has 0 bridgehead atoms. The Morgan fingerprint density at radius 2 is 2.00 bits per heavy atom. The fraction of sp³-hybridized carbons (Fsp3) is 0.292. The summed E-state index contributed by atoms with van der Waals surface area (Å²) in [6.45, 7) is 1.87. The van der Waals surface area contributed by atoms with Crippen molar-refractivity contribution in [2.75, 3.05) is 25.5 Å². The molecule has 1 aliphatic rings. The molecule has 9 heteroatoms. The van der Waals surface area contributed by atoms with Crippen molar-refractivity contribution >= 4 is 22.4 Å². The van der Waals surface area contributed by atoms with Crippen molar-refractivity contribution in [1.82, 2.24) is 24.6 Å². The molecule has 5 rings (SSSR count). The highest BCUT2D eigenvalue weighted by Crippen LogP contribution is 2.25. The highest BCUT2D eigenvalue weighted by molar-refractivity contribution is 5.81. The van der Waals surface area contributed by atoms with Gasteiger partial charge < -0.3 is 20.1 Å². The lowest BCUT2D eigenvalue weighted by molar-refractivity contribution is 0.110. The molecule has 170 valence electrons. The molecular formula is C24H25FN6O2. The molecule has 0 radical (unpaired) electrons. The summed E-state index contributed by atoms with van der Waals surface area (Å²) in [5.74, 6) is 0.633. The third-order valence-electron chi connectivity index (χ3n) is 5.79. The predicted molar refractivity (Wildman–Crippen MR) is 123 cm³/mol. The van der Waals surface area contributed by atoms with E-state index in [9.17, 15) is 4.39 Å². The number of piperidine rings is 1. The van der Waals surface area contributed by atoms with E-state index in [4.69, 9.17) is 9.84 Å². The van der Waals surface area contributed by atoms with Gasteiger partial charge in [0.15, 0.2) is 0 Å². The van der Waals surface area contributed by atoms with Crippen molar-refractivity contribution in [2.45, 2.75) is 25.6 Å². The summed E-state index contributed by atoms with van der Waals surface area (Å²) in [7, 11) is 2.12. The van der Waals surface area contributed by atoms with Crippen molar-refractivity contribution in [3.8, 4) is 11.6 Å². The minimum absolute atomic E-state index is 0.165. The number of hydrogen-bond acceptors (Lipinski definition) is 7. The number of aliphatic hydroxyl groups is 1. The second-order valence-electron chi connectivity index (χ2n) is 8.23. The van der Waals surface area contributed by atoms with Crippen LogP contribution in [-0.4, -0.2) is 56.0 Å². The van der Waals surface area contributed by atoms with Crippen LogP contribution < -0.4 is 10.1 Å². The Hall–Kier alpha value is -3.56. The van der Waals surface area contributed by atoms with Crippen LogP contribution in [0.1, 0.15) is 18.5 Å². The Bertz CT molecular complexity index is 1270. The molecule has 8 nitrogen and oxygen atoms in total. The summed E-state index contributed by atoms with van der Waals surface area (Å²) in [6, 6.07) is 12.0. The van der Waals surface area contributed by atoms with Crippen LogP contribution in [0.3, 0.4) is 0 Å². The van der Waals surface area contributed by atoms with Crippen molar-refractivity contribution in [3.05, 3.63) is 66.4 Å². The maximum atomic E-state index is 14.8. The zero-order chi connectivity index (χ0) is 22.8. The summed E-state index contributed by atoms with van der Waals surface area (Å²) in [5, 5.41) is 17.3. The van der Waals surface area contributed by atoms with E-state index in [1.165, 1.54) is 10.7 Å². The van der Waals surface area contributed by atoms with Gasteiger partial charge in [-0.1, -0.05) is 0 Å². The lowest BCUT2D eigenvalue weighted by atomic mass is 10.1. The fourth-order valence-electron chi connectivity index (χ4n) is 3.88. The number of hydrogen-bond donors (Lipinski definition) is 2. The van der Waals surface area contributed by atoms with E-state index in [1.54, 1.807) is 36.7 Å². The summed E-state index contributed by atoms with van der Waals surface area (Å²) in [4.78, 5) is 11.3. The van der Waals surface area contributed by atoms with Gasteiger partial charge in [-0.05, 0) is 44.2 Å². The minimum Gasteiger partial charge on any atom is -0.474 e. The number of aromatic nitrogens is 4. The third kappa shape index (κ3) is 4.79. The van der Waals surface area contributed by atoms with Crippen LogP contribution in [0.4, 0.5) is 15.9 Å². The molecule has 0 spiro atoms. The molecule has 0 aliphatic carbocycles. The van der Waals surface area contributed by atoms with Gasteiger partial charge in [0.1, 0.15) is 17.7 Å². The molecule has 0 saturated carbocycles. The maximum absolute atomic E-state index is 14.8. The molecule has 0 atom stereocenters. The number of nitrogens with one attached hydrogen (secondary N) is 1. The number of rotatable bonds is 6. The fourth-order valence-corrected chi connectivity index (χ4v) is 3.88. The highest BCUT2D eigenvalue weighted by atomic mass is 19.1. The number of likely N-dealkylation sites (tertiary alicyclic amines) is 1. The first kappa shape index (κ1) is 21.3. The van der Waals surface area contributed by atoms with Gasteiger partial charge >= 0.3 is 0 Å². The monoisotopic (exact) mass is 448 g/mol. The number of anilines is 2. The molecule has 0 amide bonds. The van der Waals surface area contributed by atoms with Gasteiger partial charge in [0.25, 0.3) is 0 Å². The molecule has 1 aliphatic heterocycles. The Morgan fingerprint density at radius 1 is 1.15 bits per heavy atom. The van der Waals surface area contributed by atoms with Gasteiger partial charge in [-0.3, -0.25) is 0 Å². The summed E-state index contributed by atoms with van der Waals surface area (Å²) in [6.07, 6.45) is 5.51. The first-order valence-electron chi connectivity index (χ1n) is 10.9. The smallest absolute Gasteiger partial charge is 0.214 e. The second-order valence-corrected chi connectivity index (χ2v) is 8.23. The number of nitrogens with zero attached hydrogens (tertiary/aromatic N) is 5. The molecular weight excluding hydrogens is 423 g/mol. The second kappa shape index (κ2) is 9.13. The Labute approximate surface area is 190 Å². The maximum Gasteiger partial charge on any atom is 0.214 e. The van der Waals surface area contributed by atoms with E-state index in [1.807, 2.05) is 12.1 Å². The average Bonchev–Trinajstić information content (AvgIpc) is 3.31. The normalized spacial score (nSPS) is 15.1. The number of halogens is 1. The van der Waals surface area contributed by atoms with Gasteiger partial charge in [-0.15, -0.1) is 0 Å². The first-order valence-corrected chi connectivity index (χ1v) is 10.9. The van der Waals surface area contributed by atoms with Crippen LogP contribution in [0.25, 0.3) is 16.6 Å². The molecule has 1 aromatic carbocycles. The predicted octanol–water partition coefficient (Wildman–Crippen LogP) is 3.66. The Morgan fingerprint density at radius 3 is 2.76 bits per heavy atom. The highest BCUT2D eigenvalue weighted by Gasteiger charge is 2.18. The number of ether oxygens (including phenoxy) is 1. The largest absolute Gasteiger partial charge is 0.474 e. The summed E-state index contributed by atoms with van der Waals surface area (Å²) >= 11 is 0. The van der Waals surface area contributed by atoms with Crippen molar-refractivity contribution in [2.24, 2.45) is 0 Å². The van der Waals surface area contributed by atoms with Gasteiger partial charge in [0, 0.05) is 49.1 Å². The zero-order valence-corrected chi connectivity index (χ0v) is 18.3. The van der Waals surface area contributed by atoms with Gasteiger partial charge in [0.05, 0.1) is 29.2 Å². The molecule has 1 saturated heterocycles. The van der Waals surface area contributed by atoms with E-state index in [-0.39, 0.29) is 12.7 Å². The zero-order valence-electron chi connectivity index (χ0n) is 18.3. The molecule has 33 heavy (non-hydrogen) atoms. The van der Waals surface area contributed by atoms with E-state index < -0.39 is 5.82 Å². The minimum atomic E-state index is -0.442. The molecule has 1 fully saturated rings. The SMILES string of the molecule is CN1CCC(Oc2ccc3cnc(Nc4ccc(-n5ccc(CO)n5)cc4F)cc3n2)CC1. The number of benzene rings is 1. The van der Waals surface area contributed by atoms with Crippen molar-refractivity contribution in [1.29, 1.82) is 0 Å². The van der Waals surface area contributed by atoms with E-state index in [0.29, 0.717) is 28.8 Å². The van der Waals surface area contributed by atoms with E-state index >= 15 is 0 Å². The summed E-state index contributed by atoms with van der Waals surface area (Å²) < 4.78 is 22.4.